The highest BCUT2D eigenvalue weighted by Gasteiger charge is 2.17. The monoisotopic (exact) mass is 352 g/mol. The minimum atomic E-state index is -0.119. The fourth-order valence-electron chi connectivity index (χ4n) is 3.22. The van der Waals surface area contributed by atoms with E-state index in [4.69, 9.17) is 0 Å². The van der Waals surface area contributed by atoms with Gasteiger partial charge < -0.3 is 0 Å². The summed E-state index contributed by atoms with van der Waals surface area (Å²) in [5, 5.41) is 8.11. The van der Waals surface area contributed by atoms with Gasteiger partial charge >= 0.3 is 0 Å². The summed E-state index contributed by atoms with van der Waals surface area (Å²) in [4.78, 5) is 18.4. The number of carbonyl (C=O) groups is 1. The number of benzene rings is 1. The van der Waals surface area contributed by atoms with Crippen LogP contribution in [0.2, 0.25) is 0 Å². The molecule has 128 valence electrons. The van der Waals surface area contributed by atoms with Crippen LogP contribution in [0.5, 0.6) is 0 Å². The van der Waals surface area contributed by atoms with Gasteiger partial charge in [0, 0.05) is 16.1 Å². The molecule has 1 aliphatic carbocycles. The number of fused-ring (bicyclic) bond motifs is 1. The molecule has 0 saturated carbocycles. The summed E-state index contributed by atoms with van der Waals surface area (Å²) in [5.41, 5.74) is 4.78. The third kappa shape index (κ3) is 3.22. The lowest BCUT2D eigenvalue weighted by atomic mass is 10.0. The van der Waals surface area contributed by atoms with Crippen molar-refractivity contribution in [2.24, 2.45) is 0 Å². The highest BCUT2D eigenvalue weighted by Crippen LogP contribution is 2.29. The van der Waals surface area contributed by atoms with Gasteiger partial charge in [0.05, 0.1) is 17.1 Å². The molecule has 1 amide bonds. The molecule has 25 heavy (non-hydrogen) atoms. The van der Waals surface area contributed by atoms with Gasteiger partial charge in [-0.1, -0.05) is 0 Å². The van der Waals surface area contributed by atoms with E-state index in [-0.39, 0.29) is 5.91 Å². The number of anilines is 1. The van der Waals surface area contributed by atoms with E-state index in [1.165, 1.54) is 17.7 Å². The van der Waals surface area contributed by atoms with Crippen molar-refractivity contribution in [2.75, 3.05) is 5.32 Å². The molecule has 5 nitrogen and oxygen atoms in total. The van der Waals surface area contributed by atoms with Crippen LogP contribution in [-0.2, 0) is 12.8 Å². The Balaban J connectivity index is 1.50. The first-order valence-corrected chi connectivity index (χ1v) is 9.35. The average molecular weight is 352 g/mol. The molecule has 0 atom stereocenters. The fraction of sp³-hybridized carbons (Fsp3) is 0.316. The van der Waals surface area contributed by atoms with Gasteiger partial charge in [-0.05, 0) is 69.9 Å². The first kappa shape index (κ1) is 16.0. The van der Waals surface area contributed by atoms with Crippen LogP contribution in [0.3, 0.4) is 0 Å². The van der Waals surface area contributed by atoms with E-state index in [0.717, 1.165) is 35.6 Å². The smallest absolute Gasteiger partial charge is 0.257 e. The molecule has 0 bridgehead atoms. The summed E-state index contributed by atoms with van der Waals surface area (Å²) in [7, 11) is 0. The van der Waals surface area contributed by atoms with E-state index in [9.17, 15) is 4.79 Å². The van der Waals surface area contributed by atoms with Crippen LogP contribution in [-0.4, -0.2) is 20.7 Å². The first-order chi connectivity index (χ1) is 12.1. The summed E-state index contributed by atoms with van der Waals surface area (Å²) in [6.45, 7) is 3.99. The van der Waals surface area contributed by atoms with Gasteiger partial charge in [0.1, 0.15) is 0 Å². The molecule has 4 rings (SSSR count). The first-order valence-electron chi connectivity index (χ1n) is 8.54. The zero-order valence-corrected chi connectivity index (χ0v) is 15.2. The molecular formula is C19H20N4OS. The molecule has 6 heteroatoms. The molecule has 0 radical (unpaired) electrons. The third-order valence-corrected chi connectivity index (χ3v) is 5.52. The predicted octanol–water partition coefficient (Wildman–Crippen LogP) is 4.08. The second kappa shape index (κ2) is 6.44. The number of aryl methyl sites for hydroxylation is 4. The molecule has 0 spiro atoms. The third-order valence-electron chi connectivity index (χ3n) is 4.45. The van der Waals surface area contributed by atoms with Crippen molar-refractivity contribution < 1.29 is 4.79 Å². The topological polar surface area (TPSA) is 59.8 Å². The van der Waals surface area contributed by atoms with E-state index in [1.54, 1.807) is 11.3 Å². The van der Waals surface area contributed by atoms with Crippen molar-refractivity contribution in [1.29, 1.82) is 0 Å². The van der Waals surface area contributed by atoms with Crippen molar-refractivity contribution >= 4 is 22.4 Å². The number of aromatic nitrogens is 3. The van der Waals surface area contributed by atoms with E-state index in [2.05, 4.69) is 15.4 Å². The standard InChI is InChI=1S/C19H20N4OS/c1-12-11-13(2)23(22-12)15-9-7-14(8-10-15)18(24)21-19-20-16-5-3-4-6-17(16)25-19/h7-11H,3-6H2,1-2H3,(H,20,21,24). The average Bonchev–Trinajstić information content (AvgIpc) is 3.16. The number of hydrogen-bond donors (Lipinski definition) is 1. The molecule has 2 aromatic heterocycles. The van der Waals surface area contributed by atoms with E-state index >= 15 is 0 Å². The minimum Gasteiger partial charge on any atom is -0.298 e. The molecule has 1 aromatic carbocycles. The lowest BCUT2D eigenvalue weighted by molar-refractivity contribution is 0.102. The number of thiazole rings is 1. The van der Waals surface area contributed by atoms with Gasteiger partial charge in [0.2, 0.25) is 0 Å². The minimum absolute atomic E-state index is 0.119. The Labute approximate surface area is 150 Å². The molecule has 0 unspecified atom stereocenters. The van der Waals surface area contributed by atoms with Crippen molar-refractivity contribution in [3.05, 3.63) is 57.9 Å². The SMILES string of the molecule is Cc1cc(C)n(-c2ccc(C(=O)Nc3nc4c(s3)CCCC4)cc2)n1. The Morgan fingerprint density at radius 1 is 1.16 bits per heavy atom. The summed E-state index contributed by atoms with van der Waals surface area (Å²) in [5.74, 6) is -0.119. The van der Waals surface area contributed by atoms with Crippen molar-refractivity contribution in [3.63, 3.8) is 0 Å². The number of carbonyl (C=O) groups excluding carboxylic acids is 1. The van der Waals surface area contributed by atoms with Gasteiger partial charge in [-0.25, -0.2) is 9.67 Å². The Morgan fingerprint density at radius 3 is 2.60 bits per heavy atom. The fourth-order valence-corrected chi connectivity index (χ4v) is 4.26. The summed E-state index contributed by atoms with van der Waals surface area (Å²) >= 11 is 1.61. The lowest BCUT2D eigenvalue weighted by Crippen LogP contribution is -2.12. The van der Waals surface area contributed by atoms with Crippen LogP contribution in [0, 0.1) is 13.8 Å². The van der Waals surface area contributed by atoms with Gasteiger partial charge in [-0.2, -0.15) is 5.10 Å². The van der Waals surface area contributed by atoms with E-state index < -0.39 is 0 Å². The maximum atomic E-state index is 12.5. The molecular weight excluding hydrogens is 332 g/mol. The second-order valence-electron chi connectivity index (χ2n) is 6.44. The van der Waals surface area contributed by atoms with Crippen LogP contribution < -0.4 is 5.32 Å². The number of amides is 1. The van der Waals surface area contributed by atoms with Crippen molar-refractivity contribution in [3.8, 4) is 5.69 Å². The van der Waals surface area contributed by atoms with Gasteiger partial charge in [-0.3, -0.25) is 10.1 Å². The van der Waals surface area contributed by atoms with Gasteiger partial charge in [-0.15, -0.1) is 11.3 Å². The number of rotatable bonds is 3. The Morgan fingerprint density at radius 2 is 1.92 bits per heavy atom. The maximum Gasteiger partial charge on any atom is 0.257 e. The normalized spacial score (nSPS) is 13.5. The van der Waals surface area contributed by atoms with Crippen LogP contribution in [0.4, 0.5) is 5.13 Å². The lowest BCUT2D eigenvalue weighted by Gasteiger charge is -2.06. The molecule has 0 saturated heterocycles. The van der Waals surface area contributed by atoms with E-state index in [0.29, 0.717) is 10.7 Å². The Bertz CT molecular complexity index is 900. The summed E-state index contributed by atoms with van der Waals surface area (Å²) in [6.07, 6.45) is 4.52. The van der Waals surface area contributed by atoms with Gasteiger partial charge in [0.25, 0.3) is 5.91 Å². The van der Waals surface area contributed by atoms with Crippen molar-refractivity contribution in [1.82, 2.24) is 14.8 Å². The molecule has 1 aliphatic rings. The molecule has 1 N–H and O–H groups in total. The van der Waals surface area contributed by atoms with Crippen LogP contribution in [0.1, 0.15) is 45.2 Å². The van der Waals surface area contributed by atoms with Crippen LogP contribution >= 0.6 is 11.3 Å². The van der Waals surface area contributed by atoms with Crippen LogP contribution in [0.15, 0.2) is 30.3 Å². The highest BCUT2D eigenvalue weighted by molar-refractivity contribution is 7.15. The molecule has 2 heterocycles. The zero-order chi connectivity index (χ0) is 17.4. The second-order valence-corrected chi connectivity index (χ2v) is 7.52. The summed E-state index contributed by atoms with van der Waals surface area (Å²) < 4.78 is 1.88. The van der Waals surface area contributed by atoms with E-state index in [1.807, 2.05) is 48.9 Å². The molecule has 3 aromatic rings. The zero-order valence-electron chi connectivity index (χ0n) is 14.4. The number of nitrogens with zero attached hydrogens (tertiary/aromatic N) is 3. The largest absolute Gasteiger partial charge is 0.298 e. The molecule has 0 aliphatic heterocycles. The van der Waals surface area contributed by atoms with Crippen molar-refractivity contribution in [2.45, 2.75) is 39.5 Å². The maximum absolute atomic E-state index is 12.5. The number of hydrogen-bond acceptors (Lipinski definition) is 4. The molecule has 0 fully saturated rings. The van der Waals surface area contributed by atoms with Crippen LogP contribution in [0.25, 0.3) is 5.69 Å². The quantitative estimate of drug-likeness (QED) is 0.773. The Kier molecular flexibility index (Phi) is 4.13. The predicted molar refractivity (Wildman–Crippen MR) is 99.7 cm³/mol. The Hall–Kier alpha value is -2.47. The summed E-state index contributed by atoms with van der Waals surface area (Å²) in [6, 6.07) is 9.52. The highest BCUT2D eigenvalue weighted by atomic mass is 32.1. The van der Waals surface area contributed by atoms with Gasteiger partial charge in [0.15, 0.2) is 5.13 Å². The number of nitrogens with one attached hydrogen (secondary N) is 1.